The van der Waals surface area contributed by atoms with E-state index in [2.05, 4.69) is 16.1 Å². The number of aromatic nitrogens is 3. The molecule has 0 saturated carbocycles. The molecule has 0 atom stereocenters. The SMILES string of the molecule is Cc1nc(-c2ccc3c(c2)CCN3C(=O)COC(=O)Cc2nn(C)c(=O)c3ccccc23)cs1. The van der Waals surface area contributed by atoms with Crippen molar-refractivity contribution in [3.05, 3.63) is 74.5 Å². The van der Waals surface area contributed by atoms with Crippen molar-refractivity contribution in [1.82, 2.24) is 14.8 Å². The normalized spacial score (nSPS) is 12.7. The van der Waals surface area contributed by atoms with Gasteiger partial charge in [0.05, 0.1) is 28.2 Å². The Hall–Kier alpha value is -3.85. The van der Waals surface area contributed by atoms with Crippen molar-refractivity contribution in [3.63, 3.8) is 0 Å². The molecule has 9 heteroatoms. The number of ether oxygens (including phenoxy) is 1. The molecule has 0 saturated heterocycles. The van der Waals surface area contributed by atoms with E-state index in [9.17, 15) is 14.4 Å². The summed E-state index contributed by atoms with van der Waals surface area (Å²) in [6.45, 7) is 2.16. The minimum absolute atomic E-state index is 0.130. The predicted molar refractivity (Wildman–Crippen MR) is 130 cm³/mol. The van der Waals surface area contributed by atoms with Crippen LogP contribution in [0.1, 0.15) is 16.3 Å². The average Bonchev–Trinajstić information content (AvgIpc) is 3.46. The minimum atomic E-state index is -0.571. The van der Waals surface area contributed by atoms with Gasteiger partial charge in [-0.3, -0.25) is 14.4 Å². The molecule has 172 valence electrons. The maximum absolute atomic E-state index is 12.8. The molecular formula is C25H22N4O4S. The van der Waals surface area contributed by atoms with Crippen LogP contribution in [-0.2, 0) is 34.2 Å². The van der Waals surface area contributed by atoms with Gasteiger partial charge in [0.25, 0.3) is 11.5 Å². The first kappa shape index (κ1) is 22.0. The van der Waals surface area contributed by atoms with Crippen molar-refractivity contribution in [3.8, 4) is 11.3 Å². The molecular weight excluding hydrogens is 452 g/mol. The molecule has 0 aliphatic carbocycles. The number of hydrogen-bond donors (Lipinski definition) is 0. The van der Waals surface area contributed by atoms with Gasteiger partial charge in [0.15, 0.2) is 6.61 Å². The molecule has 0 radical (unpaired) electrons. The average molecular weight is 475 g/mol. The lowest BCUT2D eigenvalue weighted by molar-refractivity contribution is -0.147. The lowest BCUT2D eigenvalue weighted by atomic mass is 10.1. The minimum Gasteiger partial charge on any atom is -0.455 e. The molecule has 2 aromatic carbocycles. The summed E-state index contributed by atoms with van der Waals surface area (Å²) >= 11 is 1.60. The standard InChI is InChI=1S/C25H22N4O4S/c1-15-26-21(14-34-15)16-7-8-22-17(11-16)9-10-29(22)23(30)13-33-24(31)12-20-18-5-3-4-6-19(18)25(32)28(2)27-20/h3-8,11,14H,9-10,12-13H2,1-2H3. The second kappa shape index (κ2) is 8.83. The third-order valence-corrected chi connectivity index (χ3v) is 6.67. The Labute approximate surface area is 199 Å². The van der Waals surface area contributed by atoms with Crippen molar-refractivity contribution in [2.24, 2.45) is 7.05 Å². The van der Waals surface area contributed by atoms with E-state index in [0.29, 0.717) is 23.0 Å². The largest absolute Gasteiger partial charge is 0.455 e. The molecule has 34 heavy (non-hydrogen) atoms. The first-order valence-electron chi connectivity index (χ1n) is 10.9. The number of fused-ring (bicyclic) bond motifs is 2. The highest BCUT2D eigenvalue weighted by atomic mass is 32.1. The van der Waals surface area contributed by atoms with Gasteiger partial charge in [0, 0.05) is 35.6 Å². The van der Waals surface area contributed by atoms with Gasteiger partial charge in [-0.25, -0.2) is 9.67 Å². The summed E-state index contributed by atoms with van der Waals surface area (Å²) in [5.41, 5.74) is 4.07. The summed E-state index contributed by atoms with van der Waals surface area (Å²) in [5, 5.41) is 8.34. The summed E-state index contributed by atoms with van der Waals surface area (Å²) < 4.78 is 6.49. The van der Waals surface area contributed by atoms with Gasteiger partial charge in [0.1, 0.15) is 0 Å². The van der Waals surface area contributed by atoms with Gasteiger partial charge in [-0.15, -0.1) is 11.3 Å². The topological polar surface area (TPSA) is 94.4 Å². The van der Waals surface area contributed by atoms with E-state index in [-0.39, 0.29) is 24.5 Å². The Morgan fingerprint density at radius 1 is 1.15 bits per heavy atom. The van der Waals surface area contributed by atoms with Crippen molar-refractivity contribution in [2.45, 2.75) is 19.8 Å². The number of nitrogens with zero attached hydrogens (tertiary/aromatic N) is 4. The number of amides is 1. The van der Waals surface area contributed by atoms with E-state index >= 15 is 0 Å². The Morgan fingerprint density at radius 3 is 2.71 bits per heavy atom. The van der Waals surface area contributed by atoms with E-state index in [1.54, 1.807) is 47.5 Å². The number of benzene rings is 2. The lowest BCUT2D eigenvalue weighted by Gasteiger charge is -2.17. The summed E-state index contributed by atoms with van der Waals surface area (Å²) in [6, 6.07) is 12.9. The summed E-state index contributed by atoms with van der Waals surface area (Å²) in [4.78, 5) is 43.7. The highest BCUT2D eigenvalue weighted by Crippen LogP contribution is 2.32. The lowest BCUT2D eigenvalue weighted by Crippen LogP contribution is -2.33. The second-order valence-electron chi connectivity index (χ2n) is 8.15. The molecule has 4 aromatic rings. The Kier molecular flexibility index (Phi) is 5.70. The van der Waals surface area contributed by atoms with Gasteiger partial charge in [0.2, 0.25) is 0 Å². The first-order valence-corrected chi connectivity index (χ1v) is 11.7. The highest BCUT2D eigenvalue weighted by molar-refractivity contribution is 7.09. The van der Waals surface area contributed by atoms with Crippen molar-refractivity contribution < 1.29 is 14.3 Å². The Morgan fingerprint density at radius 2 is 1.94 bits per heavy atom. The number of rotatable bonds is 5. The monoisotopic (exact) mass is 474 g/mol. The number of carbonyl (C=O) groups excluding carboxylic acids is 2. The maximum atomic E-state index is 12.8. The van der Waals surface area contributed by atoms with Gasteiger partial charge < -0.3 is 9.64 Å². The van der Waals surface area contributed by atoms with Crippen LogP contribution in [0.3, 0.4) is 0 Å². The smallest absolute Gasteiger partial charge is 0.312 e. The second-order valence-corrected chi connectivity index (χ2v) is 9.21. The Bertz CT molecular complexity index is 1490. The Balaban J connectivity index is 1.25. The highest BCUT2D eigenvalue weighted by Gasteiger charge is 2.26. The maximum Gasteiger partial charge on any atom is 0.312 e. The van der Waals surface area contributed by atoms with Crippen LogP contribution in [-0.4, -0.2) is 39.8 Å². The van der Waals surface area contributed by atoms with E-state index < -0.39 is 5.97 Å². The van der Waals surface area contributed by atoms with Crippen LogP contribution < -0.4 is 10.5 Å². The zero-order chi connectivity index (χ0) is 23.8. The molecule has 1 amide bonds. The number of anilines is 1. The molecule has 0 unspecified atom stereocenters. The molecule has 2 aromatic heterocycles. The molecule has 3 heterocycles. The molecule has 8 nitrogen and oxygen atoms in total. The zero-order valence-electron chi connectivity index (χ0n) is 18.8. The van der Waals surface area contributed by atoms with E-state index in [1.165, 1.54) is 4.68 Å². The first-order chi connectivity index (χ1) is 16.4. The molecule has 0 N–H and O–H groups in total. The molecule has 0 bridgehead atoms. The predicted octanol–water partition coefficient (Wildman–Crippen LogP) is 3.04. The summed E-state index contributed by atoms with van der Waals surface area (Å²) in [6.07, 6.45) is 0.606. The quantitative estimate of drug-likeness (QED) is 0.413. The summed E-state index contributed by atoms with van der Waals surface area (Å²) in [7, 11) is 1.54. The molecule has 1 aliphatic rings. The van der Waals surface area contributed by atoms with Crippen molar-refractivity contribution >= 4 is 39.7 Å². The van der Waals surface area contributed by atoms with Gasteiger partial charge in [-0.1, -0.05) is 24.3 Å². The van der Waals surface area contributed by atoms with Gasteiger partial charge in [-0.05, 0) is 37.1 Å². The molecule has 0 spiro atoms. The van der Waals surface area contributed by atoms with Crippen LogP contribution in [0.2, 0.25) is 0 Å². The van der Waals surface area contributed by atoms with E-state index in [4.69, 9.17) is 4.74 Å². The van der Waals surface area contributed by atoms with Gasteiger partial charge >= 0.3 is 5.97 Å². The van der Waals surface area contributed by atoms with Crippen molar-refractivity contribution in [1.29, 1.82) is 0 Å². The fourth-order valence-electron chi connectivity index (χ4n) is 4.23. The van der Waals surface area contributed by atoms with E-state index in [1.807, 2.05) is 24.4 Å². The third kappa shape index (κ3) is 4.10. The molecule has 1 aliphatic heterocycles. The zero-order valence-corrected chi connectivity index (χ0v) is 19.6. The van der Waals surface area contributed by atoms with Gasteiger partial charge in [-0.2, -0.15) is 5.10 Å². The van der Waals surface area contributed by atoms with Crippen LogP contribution in [0.25, 0.3) is 22.0 Å². The van der Waals surface area contributed by atoms with E-state index in [0.717, 1.165) is 33.9 Å². The fraction of sp³-hybridized carbons (Fsp3) is 0.240. The molecule has 0 fully saturated rings. The van der Waals surface area contributed by atoms with Crippen LogP contribution in [0.15, 0.2) is 52.6 Å². The number of thiazole rings is 1. The number of carbonyl (C=O) groups is 2. The van der Waals surface area contributed by atoms with Crippen LogP contribution in [0, 0.1) is 6.92 Å². The van der Waals surface area contributed by atoms with Crippen LogP contribution in [0.4, 0.5) is 5.69 Å². The summed E-state index contributed by atoms with van der Waals surface area (Å²) in [5.74, 6) is -0.846. The number of aryl methyl sites for hydroxylation is 2. The fourth-order valence-corrected chi connectivity index (χ4v) is 4.85. The number of esters is 1. The van der Waals surface area contributed by atoms with Crippen molar-refractivity contribution in [2.75, 3.05) is 18.1 Å². The number of hydrogen-bond acceptors (Lipinski definition) is 7. The third-order valence-electron chi connectivity index (χ3n) is 5.89. The van der Waals surface area contributed by atoms with Crippen LogP contribution in [0.5, 0.6) is 0 Å². The van der Waals surface area contributed by atoms with Crippen LogP contribution >= 0.6 is 11.3 Å². The molecule has 5 rings (SSSR count).